The normalized spacial score (nSPS) is 14.5. The Morgan fingerprint density at radius 2 is 2.09 bits per heavy atom. The van der Waals surface area contributed by atoms with Crippen LogP contribution in [0.3, 0.4) is 0 Å². The van der Waals surface area contributed by atoms with Crippen molar-refractivity contribution < 1.29 is 15.0 Å². The molecule has 3 nitrogen and oxygen atoms in total. The maximum absolute atomic E-state index is 10.4. The first kappa shape index (κ1) is 11.0. The molecule has 1 atom stereocenters. The molecule has 5 heteroatoms. The first-order chi connectivity index (χ1) is 4.95. The molecule has 2 N–H and O–H groups in total. The second-order valence-corrected chi connectivity index (χ2v) is 3.73. The van der Waals surface area contributed by atoms with E-state index in [1.54, 1.807) is 6.92 Å². The van der Waals surface area contributed by atoms with Crippen LogP contribution in [-0.2, 0) is 4.79 Å². The highest BCUT2D eigenvalue weighted by Crippen LogP contribution is 2.33. The summed E-state index contributed by atoms with van der Waals surface area (Å²) in [5.41, 5.74) is 0. The molecular formula is C6H10Cl2O3. The lowest BCUT2D eigenvalue weighted by Crippen LogP contribution is -2.34. The fraction of sp³-hybridized carbons (Fsp3) is 0.833. The maximum Gasteiger partial charge on any atom is 0.311 e. The van der Waals surface area contributed by atoms with E-state index in [0.717, 1.165) is 0 Å². The van der Waals surface area contributed by atoms with E-state index in [2.05, 4.69) is 0 Å². The van der Waals surface area contributed by atoms with Crippen molar-refractivity contribution in [2.45, 2.75) is 17.7 Å². The summed E-state index contributed by atoms with van der Waals surface area (Å²) in [6.07, 6.45) is 0.285. The number of carboxylic acids is 1. The molecule has 0 heterocycles. The molecular weight excluding hydrogens is 191 g/mol. The minimum absolute atomic E-state index is 0.285. The second kappa shape index (κ2) is 4.14. The molecule has 0 aromatic carbocycles. The number of aliphatic hydroxyl groups is 1. The zero-order valence-corrected chi connectivity index (χ0v) is 7.56. The summed E-state index contributed by atoms with van der Waals surface area (Å²) in [5.74, 6) is -2.30. The largest absolute Gasteiger partial charge is 0.481 e. The van der Waals surface area contributed by atoms with E-state index in [4.69, 9.17) is 33.4 Å². The Hall–Kier alpha value is 0.01000. The van der Waals surface area contributed by atoms with Gasteiger partial charge in [-0.05, 0) is 6.42 Å². The van der Waals surface area contributed by atoms with Crippen molar-refractivity contribution in [2.75, 3.05) is 6.61 Å². The first-order valence-electron chi connectivity index (χ1n) is 3.17. The van der Waals surface area contributed by atoms with Crippen LogP contribution in [0.25, 0.3) is 0 Å². The Morgan fingerprint density at radius 3 is 2.18 bits per heavy atom. The number of hydrogen-bond acceptors (Lipinski definition) is 2. The Labute approximate surface area is 74.9 Å². The number of aliphatic hydroxyl groups excluding tert-OH is 1. The molecule has 0 saturated heterocycles. The van der Waals surface area contributed by atoms with Crippen LogP contribution in [0.15, 0.2) is 0 Å². The van der Waals surface area contributed by atoms with Gasteiger partial charge in [-0.3, -0.25) is 4.79 Å². The number of carboxylic acid groups (broad SMARTS) is 1. The Bertz CT molecular complexity index is 147. The zero-order valence-electron chi connectivity index (χ0n) is 6.05. The Kier molecular flexibility index (Phi) is 4.14. The van der Waals surface area contributed by atoms with Crippen molar-refractivity contribution in [3.05, 3.63) is 0 Å². The topological polar surface area (TPSA) is 57.5 Å². The lowest BCUT2D eigenvalue weighted by atomic mass is 10.0. The van der Waals surface area contributed by atoms with Gasteiger partial charge in [0.1, 0.15) is 10.3 Å². The highest BCUT2D eigenvalue weighted by Gasteiger charge is 2.37. The standard InChI is InChI=1S/C6H10Cl2O3/c1-2-6(7,8)4(3-9)5(10)11/h4,9H,2-3H2,1H3,(H,10,11). The quantitative estimate of drug-likeness (QED) is 0.673. The minimum Gasteiger partial charge on any atom is -0.481 e. The summed E-state index contributed by atoms with van der Waals surface area (Å²) >= 11 is 11.2. The molecule has 1 unspecified atom stereocenters. The van der Waals surface area contributed by atoms with Gasteiger partial charge >= 0.3 is 5.97 Å². The fourth-order valence-electron chi connectivity index (χ4n) is 0.639. The number of aliphatic carboxylic acids is 1. The number of rotatable bonds is 4. The van der Waals surface area contributed by atoms with E-state index in [9.17, 15) is 4.79 Å². The average molecular weight is 201 g/mol. The SMILES string of the molecule is CCC(Cl)(Cl)C(CO)C(=O)O. The Balaban J connectivity index is 4.36. The van der Waals surface area contributed by atoms with Crippen LogP contribution in [0.1, 0.15) is 13.3 Å². The molecule has 0 spiro atoms. The van der Waals surface area contributed by atoms with Gasteiger partial charge in [-0.15, -0.1) is 23.2 Å². The van der Waals surface area contributed by atoms with Gasteiger partial charge in [0.15, 0.2) is 0 Å². The van der Waals surface area contributed by atoms with E-state index in [1.165, 1.54) is 0 Å². The van der Waals surface area contributed by atoms with Crippen LogP contribution in [-0.4, -0.2) is 27.1 Å². The lowest BCUT2D eigenvalue weighted by molar-refractivity contribution is -0.143. The third-order valence-electron chi connectivity index (χ3n) is 1.46. The summed E-state index contributed by atoms with van der Waals surface area (Å²) in [5, 5.41) is 17.1. The van der Waals surface area contributed by atoms with Crippen molar-refractivity contribution in [1.82, 2.24) is 0 Å². The van der Waals surface area contributed by atoms with Crippen LogP contribution >= 0.6 is 23.2 Å². The minimum atomic E-state index is -1.37. The smallest absolute Gasteiger partial charge is 0.311 e. The molecule has 0 saturated carbocycles. The molecule has 0 aromatic heterocycles. The van der Waals surface area contributed by atoms with Gasteiger partial charge in [0.2, 0.25) is 0 Å². The van der Waals surface area contributed by atoms with Crippen LogP contribution in [0.5, 0.6) is 0 Å². The fourth-order valence-corrected chi connectivity index (χ4v) is 0.963. The molecule has 0 amide bonds. The maximum atomic E-state index is 10.4. The molecule has 0 aromatic rings. The van der Waals surface area contributed by atoms with Gasteiger partial charge in [-0.25, -0.2) is 0 Å². The number of alkyl halides is 2. The summed E-state index contributed by atoms with van der Waals surface area (Å²) in [4.78, 5) is 10.4. The van der Waals surface area contributed by atoms with Gasteiger partial charge in [-0.1, -0.05) is 6.92 Å². The zero-order chi connectivity index (χ0) is 9.07. The van der Waals surface area contributed by atoms with Crippen LogP contribution in [0.2, 0.25) is 0 Å². The predicted octanol–water partition coefficient (Wildman–Crippen LogP) is 1.26. The molecule has 0 aliphatic rings. The summed E-state index contributed by atoms with van der Waals surface area (Å²) < 4.78 is -1.37. The average Bonchev–Trinajstić information content (AvgIpc) is 1.88. The molecule has 0 rings (SSSR count). The van der Waals surface area contributed by atoms with Gasteiger partial charge in [-0.2, -0.15) is 0 Å². The van der Waals surface area contributed by atoms with Gasteiger partial charge in [0.25, 0.3) is 0 Å². The highest BCUT2D eigenvalue weighted by atomic mass is 35.5. The van der Waals surface area contributed by atoms with Crippen molar-refractivity contribution in [3.63, 3.8) is 0 Å². The van der Waals surface area contributed by atoms with Gasteiger partial charge < -0.3 is 10.2 Å². The molecule has 0 aliphatic carbocycles. The van der Waals surface area contributed by atoms with Crippen LogP contribution < -0.4 is 0 Å². The molecule has 0 radical (unpaired) electrons. The van der Waals surface area contributed by atoms with Crippen molar-refractivity contribution >= 4 is 29.2 Å². The Morgan fingerprint density at radius 1 is 1.64 bits per heavy atom. The van der Waals surface area contributed by atoms with E-state index >= 15 is 0 Å². The van der Waals surface area contributed by atoms with E-state index in [-0.39, 0.29) is 6.42 Å². The predicted molar refractivity (Wildman–Crippen MR) is 42.9 cm³/mol. The number of halogens is 2. The first-order valence-corrected chi connectivity index (χ1v) is 3.92. The lowest BCUT2D eigenvalue weighted by Gasteiger charge is -2.23. The van der Waals surface area contributed by atoms with Crippen molar-refractivity contribution in [1.29, 1.82) is 0 Å². The second-order valence-electron chi connectivity index (χ2n) is 2.19. The monoisotopic (exact) mass is 200 g/mol. The summed E-state index contributed by atoms with van der Waals surface area (Å²) in [7, 11) is 0. The highest BCUT2D eigenvalue weighted by molar-refractivity contribution is 6.49. The van der Waals surface area contributed by atoms with Crippen molar-refractivity contribution in [3.8, 4) is 0 Å². The van der Waals surface area contributed by atoms with Crippen molar-refractivity contribution in [2.24, 2.45) is 5.92 Å². The third kappa shape index (κ3) is 2.85. The number of carbonyl (C=O) groups is 1. The molecule has 0 fully saturated rings. The summed E-state index contributed by atoms with van der Waals surface area (Å²) in [6.45, 7) is 1.11. The van der Waals surface area contributed by atoms with E-state index in [1.807, 2.05) is 0 Å². The van der Waals surface area contributed by atoms with Gasteiger partial charge in [0, 0.05) is 0 Å². The number of hydrogen-bond donors (Lipinski definition) is 2. The molecule has 0 aliphatic heterocycles. The van der Waals surface area contributed by atoms with Crippen LogP contribution in [0.4, 0.5) is 0 Å². The molecule has 0 bridgehead atoms. The summed E-state index contributed by atoms with van der Waals surface area (Å²) in [6, 6.07) is 0. The van der Waals surface area contributed by atoms with E-state index < -0.39 is 22.8 Å². The molecule has 11 heavy (non-hydrogen) atoms. The van der Waals surface area contributed by atoms with Gasteiger partial charge in [0.05, 0.1) is 6.61 Å². The van der Waals surface area contributed by atoms with E-state index in [0.29, 0.717) is 0 Å². The van der Waals surface area contributed by atoms with Crippen LogP contribution in [0, 0.1) is 5.92 Å². The third-order valence-corrected chi connectivity index (χ3v) is 2.52. The molecule has 66 valence electrons.